The van der Waals surface area contributed by atoms with Crippen molar-refractivity contribution in [2.24, 2.45) is 0 Å². The highest BCUT2D eigenvalue weighted by Crippen LogP contribution is 2.31. The molecule has 0 N–H and O–H groups in total. The first-order chi connectivity index (χ1) is 6.64. The van der Waals surface area contributed by atoms with E-state index in [1.807, 2.05) is 0 Å². The molecule has 3 unspecified atom stereocenters. The molecule has 3 atom stereocenters. The van der Waals surface area contributed by atoms with Crippen LogP contribution in [0, 0.1) is 0 Å². The lowest BCUT2D eigenvalue weighted by molar-refractivity contribution is -0.932. The molecule has 1 aliphatic heterocycles. The molecule has 1 heterocycles. The number of halogens is 1. The molecule has 0 amide bonds. The molecular formula is C12H26INS. The van der Waals surface area contributed by atoms with E-state index in [1.165, 1.54) is 42.6 Å². The fraction of sp³-hybridized carbons (Fsp3) is 1.00. The summed E-state index contributed by atoms with van der Waals surface area (Å²) in [6.07, 6.45) is 4.07. The first kappa shape index (κ1) is 16.0. The normalized spacial score (nSPS) is 36.0. The Hall–Kier alpha value is 1.04. The molecule has 1 nitrogen and oxygen atoms in total. The van der Waals surface area contributed by atoms with Gasteiger partial charge in [-0.1, -0.05) is 20.3 Å². The van der Waals surface area contributed by atoms with E-state index in [4.69, 9.17) is 0 Å². The predicted molar refractivity (Wildman–Crippen MR) is 66.8 cm³/mol. The summed E-state index contributed by atoms with van der Waals surface area (Å²) in [6.45, 7) is 9.85. The van der Waals surface area contributed by atoms with Crippen LogP contribution in [0.2, 0.25) is 0 Å². The third-order valence-corrected chi connectivity index (χ3v) is 5.02. The second-order valence-electron chi connectivity index (χ2n) is 4.83. The van der Waals surface area contributed by atoms with Crippen molar-refractivity contribution in [3.05, 3.63) is 0 Å². The third-order valence-electron chi connectivity index (χ3n) is 3.77. The van der Waals surface area contributed by atoms with Crippen LogP contribution in [0.5, 0.6) is 0 Å². The van der Waals surface area contributed by atoms with E-state index >= 15 is 0 Å². The fourth-order valence-corrected chi connectivity index (χ4v) is 4.40. The van der Waals surface area contributed by atoms with Crippen LogP contribution >= 0.6 is 11.8 Å². The number of thioether (sulfide) groups is 1. The van der Waals surface area contributed by atoms with Gasteiger partial charge in [0.2, 0.25) is 0 Å². The van der Waals surface area contributed by atoms with Crippen molar-refractivity contribution in [3.63, 3.8) is 0 Å². The van der Waals surface area contributed by atoms with Crippen LogP contribution in [0.15, 0.2) is 0 Å². The van der Waals surface area contributed by atoms with Crippen molar-refractivity contribution in [2.75, 3.05) is 25.9 Å². The molecule has 3 heteroatoms. The molecular weight excluding hydrogens is 317 g/mol. The third kappa shape index (κ3) is 4.08. The highest BCUT2D eigenvalue weighted by atomic mass is 127. The number of nitrogens with zero attached hydrogens (tertiary/aromatic N) is 1. The van der Waals surface area contributed by atoms with Gasteiger partial charge in [-0.2, -0.15) is 0 Å². The van der Waals surface area contributed by atoms with Crippen molar-refractivity contribution in [3.8, 4) is 0 Å². The molecule has 1 saturated heterocycles. The quantitative estimate of drug-likeness (QED) is 0.517. The van der Waals surface area contributed by atoms with Crippen LogP contribution in [-0.4, -0.2) is 41.7 Å². The molecule has 0 aliphatic carbocycles. The van der Waals surface area contributed by atoms with Gasteiger partial charge in [0.1, 0.15) is 6.04 Å². The molecule has 1 aliphatic rings. The number of rotatable bonds is 4. The number of unbranched alkanes of at least 4 members (excludes halogenated alkanes) is 1. The highest BCUT2D eigenvalue weighted by Gasteiger charge is 2.38. The number of quaternary nitrogens is 1. The largest absolute Gasteiger partial charge is 1.00 e. The van der Waals surface area contributed by atoms with E-state index in [-0.39, 0.29) is 24.0 Å². The molecule has 0 aromatic rings. The molecule has 0 aromatic carbocycles. The van der Waals surface area contributed by atoms with Crippen LogP contribution in [0.1, 0.15) is 40.0 Å². The summed E-state index contributed by atoms with van der Waals surface area (Å²) >= 11 is 2.17. The van der Waals surface area contributed by atoms with Crippen LogP contribution in [-0.2, 0) is 0 Å². The van der Waals surface area contributed by atoms with Crippen molar-refractivity contribution in [2.45, 2.75) is 51.3 Å². The summed E-state index contributed by atoms with van der Waals surface area (Å²) in [5.41, 5.74) is 0. The van der Waals surface area contributed by atoms with Crippen LogP contribution in [0.25, 0.3) is 0 Å². The smallest absolute Gasteiger partial charge is 0.100 e. The highest BCUT2D eigenvalue weighted by molar-refractivity contribution is 8.00. The molecule has 1 fully saturated rings. The maximum atomic E-state index is 2.47. The Morgan fingerprint density at radius 2 is 2.00 bits per heavy atom. The Labute approximate surface area is 117 Å². The molecule has 92 valence electrons. The van der Waals surface area contributed by atoms with Crippen molar-refractivity contribution in [1.82, 2.24) is 0 Å². The van der Waals surface area contributed by atoms with E-state index < -0.39 is 0 Å². The van der Waals surface area contributed by atoms with Gasteiger partial charge in [-0.05, 0) is 19.8 Å². The van der Waals surface area contributed by atoms with Gasteiger partial charge in [0, 0.05) is 5.75 Å². The van der Waals surface area contributed by atoms with Crippen LogP contribution in [0.4, 0.5) is 0 Å². The van der Waals surface area contributed by atoms with Gasteiger partial charge in [-0.15, -0.1) is 11.8 Å². The fourth-order valence-electron chi connectivity index (χ4n) is 2.80. The minimum absolute atomic E-state index is 0. The molecule has 0 aromatic heterocycles. The van der Waals surface area contributed by atoms with Gasteiger partial charge in [-0.25, -0.2) is 0 Å². The van der Waals surface area contributed by atoms with Gasteiger partial charge < -0.3 is 28.5 Å². The van der Waals surface area contributed by atoms with Crippen LogP contribution in [0.3, 0.4) is 0 Å². The zero-order valence-electron chi connectivity index (χ0n) is 10.6. The Bertz CT molecular complexity index is 177. The molecule has 0 spiro atoms. The zero-order valence-corrected chi connectivity index (χ0v) is 13.6. The Morgan fingerprint density at radius 1 is 1.33 bits per heavy atom. The van der Waals surface area contributed by atoms with Crippen molar-refractivity contribution < 1.29 is 28.5 Å². The summed E-state index contributed by atoms with van der Waals surface area (Å²) in [4.78, 5) is 0. The molecule has 0 radical (unpaired) electrons. The maximum Gasteiger partial charge on any atom is 0.100 e. The number of hydrogen-bond donors (Lipinski definition) is 0. The Kier molecular flexibility index (Phi) is 7.89. The predicted octanol–water partition coefficient (Wildman–Crippen LogP) is 0.151. The average Bonchev–Trinajstić information content (AvgIpc) is 2.15. The first-order valence-electron chi connectivity index (χ1n) is 6.10. The lowest BCUT2D eigenvalue weighted by atomic mass is 10.1. The zero-order chi connectivity index (χ0) is 10.6. The minimum Gasteiger partial charge on any atom is -1.00 e. The van der Waals surface area contributed by atoms with E-state index in [9.17, 15) is 0 Å². The van der Waals surface area contributed by atoms with Crippen molar-refractivity contribution in [1.29, 1.82) is 0 Å². The van der Waals surface area contributed by atoms with E-state index in [0.717, 1.165) is 11.3 Å². The maximum absolute atomic E-state index is 2.47. The minimum atomic E-state index is 0. The SMILES string of the molecule is CCCC[N+]1(C)CCSC(C)C1CC.[I-]. The monoisotopic (exact) mass is 343 g/mol. The summed E-state index contributed by atoms with van der Waals surface area (Å²) in [6, 6.07) is 0.889. The molecule has 1 rings (SSSR count). The van der Waals surface area contributed by atoms with E-state index in [0.29, 0.717) is 0 Å². The van der Waals surface area contributed by atoms with Crippen LogP contribution < -0.4 is 24.0 Å². The van der Waals surface area contributed by atoms with Gasteiger partial charge in [-0.3, -0.25) is 0 Å². The summed E-state index contributed by atoms with van der Waals surface area (Å²) in [7, 11) is 2.47. The average molecular weight is 343 g/mol. The standard InChI is InChI=1S/C12H26NS.HI/c1-5-7-8-13(4)9-10-14-11(3)12(13)6-2;/h11-12H,5-10H2,1-4H3;1H/q+1;/p-1. The van der Waals surface area contributed by atoms with Gasteiger partial charge >= 0.3 is 0 Å². The topological polar surface area (TPSA) is 0 Å². The summed E-state index contributed by atoms with van der Waals surface area (Å²) in [5.74, 6) is 1.36. The van der Waals surface area contributed by atoms with Crippen molar-refractivity contribution >= 4 is 11.8 Å². The first-order valence-corrected chi connectivity index (χ1v) is 7.14. The number of hydrogen-bond acceptors (Lipinski definition) is 1. The lowest BCUT2D eigenvalue weighted by Crippen LogP contribution is -3.00. The van der Waals surface area contributed by atoms with Gasteiger partial charge in [0.25, 0.3) is 0 Å². The van der Waals surface area contributed by atoms with Gasteiger partial charge in [0.05, 0.1) is 25.4 Å². The second kappa shape index (κ2) is 7.38. The Morgan fingerprint density at radius 3 is 2.53 bits per heavy atom. The molecule has 15 heavy (non-hydrogen) atoms. The lowest BCUT2D eigenvalue weighted by Gasteiger charge is -2.47. The molecule has 0 bridgehead atoms. The molecule has 0 saturated carbocycles. The second-order valence-corrected chi connectivity index (χ2v) is 6.32. The summed E-state index contributed by atoms with van der Waals surface area (Å²) < 4.78 is 1.33. The Balaban J connectivity index is 0.00000196. The van der Waals surface area contributed by atoms with Gasteiger partial charge in [0.15, 0.2) is 0 Å². The van der Waals surface area contributed by atoms with E-state index in [2.05, 4.69) is 39.6 Å². The summed E-state index contributed by atoms with van der Waals surface area (Å²) in [5, 5.41) is 0.857. The van der Waals surface area contributed by atoms with E-state index in [1.54, 1.807) is 0 Å².